The van der Waals surface area contributed by atoms with E-state index in [1.807, 2.05) is 0 Å². The minimum Gasteiger partial charge on any atom is -0.465 e. The molecule has 1 fully saturated rings. The van der Waals surface area contributed by atoms with Crippen molar-refractivity contribution in [1.82, 2.24) is 4.90 Å². The summed E-state index contributed by atoms with van der Waals surface area (Å²) < 4.78 is 29.2. The summed E-state index contributed by atoms with van der Waals surface area (Å²) in [7, 11) is 0. The second-order valence-electron chi connectivity index (χ2n) is 13.0. The Labute approximate surface area is 274 Å². The number of carbonyl (C=O) groups is 6. The van der Waals surface area contributed by atoms with Gasteiger partial charge in [0.15, 0.2) is 0 Å². The summed E-state index contributed by atoms with van der Waals surface area (Å²) in [6, 6.07) is 0. The first-order valence-corrected chi connectivity index (χ1v) is 16.6. The Balaban J connectivity index is 2.71. The summed E-state index contributed by atoms with van der Waals surface area (Å²) in [5, 5.41) is -1.63. The number of hydrogen-bond acceptors (Lipinski definition) is 15. The zero-order chi connectivity index (χ0) is 34.3. The van der Waals surface area contributed by atoms with E-state index >= 15 is 0 Å². The average Bonchev–Trinajstić information content (AvgIpc) is 2.93. The van der Waals surface area contributed by atoms with E-state index in [-0.39, 0.29) is 18.8 Å². The van der Waals surface area contributed by atoms with Gasteiger partial charge in [-0.3, -0.25) is 24.1 Å². The molecule has 0 radical (unpaired) electrons. The highest BCUT2D eigenvalue weighted by Crippen LogP contribution is 2.31. The zero-order valence-corrected chi connectivity index (χ0v) is 29.4. The van der Waals surface area contributed by atoms with Crippen molar-refractivity contribution in [3.63, 3.8) is 0 Å². The molecule has 0 saturated carbocycles. The predicted octanol–water partition coefficient (Wildman–Crippen LogP) is 4.83. The number of ketones is 1. The molecule has 0 bridgehead atoms. The van der Waals surface area contributed by atoms with Crippen molar-refractivity contribution in [2.24, 2.45) is 16.7 Å². The third kappa shape index (κ3) is 17.2. The van der Waals surface area contributed by atoms with Gasteiger partial charge >= 0.3 is 28.5 Å². The molecule has 45 heavy (non-hydrogen) atoms. The first-order chi connectivity index (χ1) is 20.8. The molecule has 1 aliphatic heterocycles. The van der Waals surface area contributed by atoms with Gasteiger partial charge in [0.1, 0.15) is 5.78 Å². The van der Waals surface area contributed by atoms with Crippen LogP contribution in [0.3, 0.4) is 0 Å². The maximum atomic E-state index is 13.2. The van der Waals surface area contributed by atoms with Crippen molar-refractivity contribution < 1.29 is 57.2 Å². The molecule has 1 rings (SSSR count). The van der Waals surface area contributed by atoms with Gasteiger partial charge in [-0.25, -0.2) is 9.59 Å². The van der Waals surface area contributed by atoms with Crippen LogP contribution in [0.15, 0.2) is 0 Å². The van der Waals surface area contributed by atoms with Crippen molar-refractivity contribution in [1.29, 1.82) is 0 Å². The Morgan fingerprint density at radius 1 is 0.733 bits per heavy atom. The van der Waals surface area contributed by atoms with E-state index in [9.17, 15) is 28.8 Å². The van der Waals surface area contributed by atoms with E-state index in [0.717, 1.165) is 26.1 Å². The molecule has 1 saturated heterocycles. The Hall–Kier alpha value is -2.36. The molecule has 0 unspecified atom stereocenters. The summed E-state index contributed by atoms with van der Waals surface area (Å²) in [5.74, 6) is -3.38. The van der Waals surface area contributed by atoms with Crippen molar-refractivity contribution in [3.8, 4) is 0 Å². The summed E-state index contributed by atoms with van der Waals surface area (Å²) in [6.07, 6.45) is 1.10. The minimum absolute atomic E-state index is 0.141. The van der Waals surface area contributed by atoms with Crippen molar-refractivity contribution in [2.45, 2.75) is 79.4 Å². The van der Waals surface area contributed by atoms with Gasteiger partial charge in [-0.2, -0.15) is 0 Å². The monoisotopic (exact) mass is 679 g/mol. The molecule has 1 aliphatic rings. The zero-order valence-electron chi connectivity index (χ0n) is 27.7. The number of morpholine rings is 1. The van der Waals surface area contributed by atoms with E-state index in [1.165, 1.54) is 13.8 Å². The fourth-order valence-electron chi connectivity index (χ4n) is 3.43. The van der Waals surface area contributed by atoms with E-state index in [0.29, 0.717) is 43.2 Å². The quantitative estimate of drug-likeness (QED) is 0.0943. The lowest BCUT2D eigenvalue weighted by atomic mass is 9.97. The third-order valence-corrected chi connectivity index (χ3v) is 8.30. The number of carbonyl (C=O) groups excluding carboxylic acids is 6. The Morgan fingerprint density at radius 3 is 1.80 bits per heavy atom. The fraction of sp³-hybridized carbons (Fsp3) is 0.800. The first kappa shape index (κ1) is 40.7. The van der Waals surface area contributed by atoms with Crippen molar-refractivity contribution in [2.75, 3.05) is 58.8 Å². The Kier molecular flexibility index (Phi) is 17.5. The van der Waals surface area contributed by atoms with Crippen LogP contribution in [-0.4, -0.2) is 103 Å². The molecule has 1 atom stereocenters. The molecule has 0 N–H and O–H groups in total. The molecular formula is C30H49NO12S2. The molecule has 15 heteroatoms. The number of nitrogens with zero attached hydrogens (tertiary/aromatic N) is 1. The summed E-state index contributed by atoms with van der Waals surface area (Å²) in [4.78, 5) is 76.9. The molecule has 13 nitrogen and oxygen atoms in total. The molecular weight excluding hydrogens is 630 g/mol. The van der Waals surface area contributed by atoms with Gasteiger partial charge in [-0.15, -0.1) is 0 Å². The standard InChI is InChI=1S/C30H49NO12S2/c1-28(2,3)24(34)40-19-42-26(36)44-18-21(23(33)39-14-10-9-11-31-12-15-38-16-13-31)17-22(32)30(7,8)45-27(37)43-20-41-25(35)29(4,5)6/h21H,9-20H2,1-8H3/t21-/m0/s1. The number of hydrogen-bond donors (Lipinski definition) is 0. The second-order valence-corrected chi connectivity index (χ2v) is 15.5. The van der Waals surface area contributed by atoms with E-state index in [2.05, 4.69) is 4.90 Å². The SMILES string of the molecule is CC(C)(C)C(=O)OCOC(=O)SC[C@H](CC(=O)C(C)(C)SC(=O)OCOC(=O)C(C)(C)C)C(=O)OCCCCN1CCOCC1. The maximum Gasteiger partial charge on any atom is 0.371 e. The van der Waals surface area contributed by atoms with Gasteiger partial charge in [-0.1, -0.05) is 0 Å². The number of thioether (sulfide) groups is 2. The van der Waals surface area contributed by atoms with Crippen LogP contribution in [0.2, 0.25) is 0 Å². The van der Waals surface area contributed by atoms with Crippen molar-refractivity contribution in [3.05, 3.63) is 0 Å². The highest BCUT2D eigenvalue weighted by Gasteiger charge is 2.36. The van der Waals surface area contributed by atoms with E-state index < -0.39 is 69.4 Å². The summed E-state index contributed by atoms with van der Waals surface area (Å²) in [5.41, 5.74) is -1.55. The highest BCUT2D eigenvalue weighted by molar-refractivity contribution is 8.15. The van der Waals surface area contributed by atoms with Crippen LogP contribution < -0.4 is 0 Å². The van der Waals surface area contributed by atoms with E-state index in [1.54, 1.807) is 41.5 Å². The van der Waals surface area contributed by atoms with Gasteiger partial charge in [0, 0.05) is 25.3 Å². The normalized spacial score (nSPS) is 15.0. The molecule has 0 aromatic carbocycles. The maximum absolute atomic E-state index is 13.2. The van der Waals surface area contributed by atoms with Crippen LogP contribution in [0, 0.1) is 16.7 Å². The van der Waals surface area contributed by atoms with Gasteiger partial charge in [0.2, 0.25) is 13.6 Å². The number of Topliss-reactive ketones (excluding diaryl/α,β-unsaturated/α-hetero) is 1. The first-order valence-electron chi connectivity index (χ1n) is 14.8. The molecule has 1 heterocycles. The number of rotatable bonds is 16. The highest BCUT2D eigenvalue weighted by atomic mass is 32.2. The Morgan fingerprint density at radius 2 is 1.27 bits per heavy atom. The lowest BCUT2D eigenvalue weighted by Gasteiger charge is -2.26. The van der Waals surface area contributed by atoms with Crippen LogP contribution in [0.5, 0.6) is 0 Å². The van der Waals surface area contributed by atoms with Crippen LogP contribution in [0.1, 0.15) is 74.7 Å². The minimum atomic E-state index is -1.31. The lowest BCUT2D eigenvalue weighted by Crippen LogP contribution is -2.37. The average molecular weight is 680 g/mol. The topological polar surface area (TPSA) is 161 Å². The van der Waals surface area contributed by atoms with Crippen LogP contribution in [0.4, 0.5) is 9.59 Å². The van der Waals surface area contributed by atoms with Gasteiger partial charge in [-0.05, 0) is 98.3 Å². The Bertz CT molecular complexity index is 1010. The fourth-order valence-corrected chi connectivity index (χ4v) is 4.88. The van der Waals surface area contributed by atoms with Crippen LogP contribution >= 0.6 is 23.5 Å². The lowest BCUT2D eigenvalue weighted by molar-refractivity contribution is -0.161. The van der Waals surface area contributed by atoms with Gasteiger partial charge in [0.25, 0.3) is 0 Å². The van der Waals surface area contributed by atoms with Gasteiger partial charge in [0.05, 0.1) is 41.3 Å². The molecule has 0 aromatic rings. The van der Waals surface area contributed by atoms with Crippen LogP contribution in [-0.2, 0) is 47.6 Å². The molecule has 0 amide bonds. The largest absolute Gasteiger partial charge is 0.465 e. The summed E-state index contributed by atoms with van der Waals surface area (Å²) >= 11 is 1.23. The second kappa shape index (κ2) is 19.3. The molecule has 0 aliphatic carbocycles. The number of ether oxygens (including phenoxy) is 6. The smallest absolute Gasteiger partial charge is 0.371 e. The molecule has 0 aromatic heterocycles. The third-order valence-electron chi connectivity index (χ3n) is 6.35. The van der Waals surface area contributed by atoms with Crippen molar-refractivity contribution >= 4 is 57.8 Å². The van der Waals surface area contributed by atoms with E-state index in [4.69, 9.17) is 28.4 Å². The predicted molar refractivity (Wildman–Crippen MR) is 168 cm³/mol. The van der Waals surface area contributed by atoms with Crippen LogP contribution in [0.25, 0.3) is 0 Å². The number of esters is 3. The summed E-state index contributed by atoms with van der Waals surface area (Å²) in [6.45, 7) is 15.8. The number of unbranched alkanes of at least 4 members (excludes halogenated alkanes) is 1. The van der Waals surface area contributed by atoms with Gasteiger partial charge < -0.3 is 28.4 Å². The molecule has 258 valence electrons. The molecule has 0 spiro atoms.